The second kappa shape index (κ2) is 5.29. The van der Waals surface area contributed by atoms with Crippen LogP contribution in [-0.4, -0.2) is 31.1 Å². The first-order valence-corrected chi connectivity index (χ1v) is 6.49. The molecule has 0 fully saturated rings. The summed E-state index contributed by atoms with van der Waals surface area (Å²) in [5, 5.41) is 27.3. The highest BCUT2D eigenvalue weighted by atomic mass is 32.2. The molecule has 0 aromatic heterocycles. The maximum Gasteiger partial charge on any atom is 0.271 e. The molecule has 0 amide bonds. The van der Waals surface area contributed by atoms with E-state index in [-0.39, 0.29) is 22.8 Å². The zero-order valence-electron chi connectivity index (χ0n) is 9.53. The molecule has 0 saturated carbocycles. The SMILES string of the molecule is CC(O)CNc1cc([N+](=O)[O-])ccc1S(N)(=O)=O. The first-order valence-electron chi connectivity index (χ1n) is 4.95. The van der Waals surface area contributed by atoms with E-state index in [4.69, 9.17) is 10.2 Å². The van der Waals surface area contributed by atoms with Crippen molar-refractivity contribution in [1.82, 2.24) is 0 Å². The third-order valence-electron chi connectivity index (χ3n) is 2.07. The lowest BCUT2D eigenvalue weighted by molar-refractivity contribution is -0.384. The van der Waals surface area contributed by atoms with Gasteiger partial charge in [-0.25, -0.2) is 13.6 Å². The first-order chi connectivity index (χ1) is 8.21. The Morgan fingerprint density at radius 2 is 2.17 bits per heavy atom. The Kier molecular flexibility index (Phi) is 4.22. The van der Waals surface area contributed by atoms with E-state index in [1.54, 1.807) is 0 Å². The molecular formula is C9H13N3O5S. The molecule has 0 radical (unpaired) electrons. The molecule has 1 aromatic carbocycles. The average Bonchev–Trinajstić information content (AvgIpc) is 2.24. The number of sulfonamides is 1. The fourth-order valence-corrected chi connectivity index (χ4v) is 1.97. The molecule has 18 heavy (non-hydrogen) atoms. The van der Waals surface area contributed by atoms with Crippen molar-refractivity contribution in [1.29, 1.82) is 0 Å². The van der Waals surface area contributed by atoms with Crippen LogP contribution in [0.3, 0.4) is 0 Å². The topological polar surface area (TPSA) is 136 Å². The summed E-state index contributed by atoms with van der Waals surface area (Å²) in [6.07, 6.45) is -0.738. The van der Waals surface area contributed by atoms with Crippen LogP contribution in [0, 0.1) is 10.1 Å². The number of nitrogens with one attached hydrogen (secondary N) is 1. The number of aliphatic hydroxyl groups excluding tert-OH is 1. The number of primary sulfonamides is 1. The predicted octanol–water partition coefficient (Wildman–Crippen LogP) is 0.0349. The van der Waals surface area contributed by atoms with Crippen molar-refractivity contribution in [2.45, 2.75) is 17.9 Å². The minimum absolute atomic E-state index is 0.00685. The van der Waals surface area contributed by atoms with Gasteiger partial charge in [0.15, 0.2) is 0 Å². The van der Waals surface area contributed by atoms with Gasteiger partial charge < -0.3 is 10.4 Å². The van der Waals surface area contributed by atoms with E-state index in [0.29, 0.717) is 0 Å². The molecule has 0 saturated heterocycles. The molecule has 0 aliphatic carbocycles. The van der Waals surface area contributed by atoms with Crippen molar-refractivity contribution < 1.29 is 18.4 Å². The molecular weight excluding hydrogens is 262 g/mol. The van der Waals surface area contributed by atoms with Crippen LogP contribution in [0.15, 0.2) is 23.1 Å². The van der Waals surface area contributed by atoms with Crippen molar-refractivity contribution in [3.8, 4) is 0 Å². The average molecular weight is 275 g/mol. The summed E-state index contributed by atoms with van der Waals surface area (Å²) in [5.74, 6) is 0. The number of aliphatic hydroxyl groups is 1. The van der Waals surface area contributed by atoms with Crippen molar-refractivity contribution >= 4 is 21.4 Å². The van der Waals surface area contributed by atoms with E-state index in [0.717, 1.165) is 18.2 Å². The van der Waals surface area contributed by atoms with E-state index < -0.39 is 21.1 Å². The van der Waals surface area contributed by atoms with Gasteiger partial charge >= 0.3 is 0 Å². The molecule has 0 bridgehead atoms. The van der Waals surface area contributed by atoms with E-state index in [9.17, 15) is 18.5 Å². The molecule has 4 N–H and O–H groups in total. The molecule has 1 rings (SSSR count). The van der Waals surface area contributed by atoms with Gasteiger partial charge in [-0.1, -0.05) is 0 Å². The highest BCUT2D eigenvalue weighted by Gasteiger charge is 2.18. The van der Waals surface area contributed by atoms with Crippen LogP contribution >= 0.6 is 0 Å². The number of nitro benzene ring substituents is 1. The van der Waals surface area contributed by atoms with Crippen LogP contribution in [0.2, 0.25) is 0 Å². The Morgan fingerprint density at radius 3 is 2.61 bits per heavy atom. The second-order valence-electron chi connectivity index (χ2n) is 3.71. The third-order valence-corrected chi connectivity index (χ3v) is 3.04. The monoisotopic (exact) mass is 275 g/mol. The second-order valence-corrected chi connectivity index (χ2v) is 5.24. The zero-order chi connectivity index (χ0) is 13.9. The van der Waals surface area contributed by atoms with Crippen molar-refractivity contribution in [2.24, 2.45) is 5.14 Å². The van der Waals surface area contributed by atoms with Crippen molar-refractivity contribution in [3.05, 3.63) is 28.3 Å². The predicted molar refractivity (Wildman–Crippen MR) is 64.6 cm³/mol. The van der Waals surface area contributed by atoms with Gasteiger partial charge in [0.1, 0.15) is 4.90 Å². The summed E-state index contributed by atoms with van der Waals surface area (Å²) in [7, 11) is -3.99. The molecule has 0 spiro atoms. The highest BCUT2D eigenvalue weighted by Crippen LogP contribution is 2.25. The summed E-state index contributed by atoms with van der Waals surface area (Å²) in [5.41, 5.74) is -0.275. The maximum absolute atomic E-state index is 11.3. The number of nitrogens with two attached hydrogens (primary N) is 1. The Morgan fingerprint density at radius 1 is 1.56 bits per heavy atom. The standard InChI is InChI=1S/C9H13N3O5S/c1-6(13)5-11-8-4-7(12(14)15)2-3-9(8)18(10,16)17/h2-4,6,11,13H,5H2,1H3,(H2,10,16,17). The van der Waals surface area contributed by atoms with E-state index in [1.165, 1.54) is 6.92 Å². The first kappa shape index (κ1) is 14.4. The van der Waals surface area contributed by atoms with Crippen LogP contribution in [0.4, 0.5) is 11.4 Å². The van der Waals surface area contributed by atoms with E-state index in [2.05, 4.69) is 5.32 Å². The van der Waals surface area contributed by atoms with Gasteiger partial charge in [0.2, 0.25) is 10.0 Å². The maximum atomic E-state index is 11.3. The summed E-state index contributed by atoms with van der Waals surface area (Å²) in [4.78, 5) is 9.69. The van der Waals surface area contributed by atoms with Gasteiger partial charge in [-0.15, -0.1) is 0 Å². The molecule has 8 nitrogen and oxygen atoms in total. The van der Waals surface area contributed by atoms with Crippen LogP contribution in [0.25, 0.3) is 0 Å². The number of rotatable bonds is 5. The fraction of sp³-hybridized carbons (Fsp3) is 0.333. The smallest absolute Gasteiger partial charge is 0.271 e. The van der Waals surface area contributed by atoms with Crippen molar-refractivity contribution in [2.75, 3.05) is 11.9 Å². The lowest BCUT2D eigenvalue weighted by atomic mass is 10.2. The highest BCUT2D eigenvalue weighted by molar-refractivity contribution is 7.89. The summed E-state index contributed by atoms with van der Waals surface area (Å²) < 4.78 is 22.6. The number of nitrogens with zero attached hydrogens (tertiary/aromatic N) is 1. The van der Waals surface area contributed by atoms with Crippen LogP contribution in [0.5, 0.6) is 0 Å². The van der Waals surface area contributed by atoms with Crippen LogP contribution < -0.4 is 10.5 Å². The molecule has 9 heteroatoms. The van der Waals surface area contributed by atoms with Gasteiger partial charge in [-0.3, -0.25) is 10.1 Å². The van der Waals surface area contributed by atoms with Gasteiger partial charge in [0, 0.05) is 18.7 Å². The van der Waals surface area contributed by atoms with Gasteiger partial charge in [-0.2, -0.15) is 0 Å². The molecule has 0 aliphatic rings. The van der Waals surface area contributed by atoms with Crippen LogP contribution in [0.1, 0.15) is 6.92 Å². The quantitative estimate of drug-likeness (QED) is 0.512. The molecule has 1 aromatic rings. The number of anilines is 1. The number of hydrogen-bond acceptors (Lipinski definition) is 6. The Balaban J connectivity index is 3.23. The summed E-state index contributed by atoms with van der Waals surface area (Å²) in [6, 6.07) is 3.16. The molecule has 1 atom stereocenters. The Hall–Kier alpha value is -1.71. The Labute approximate surface area is 104 Å². The van der Waals surface area contributed by atoms with Gasteiger partial charge in [0.25, 0.3) is 5.69 Å². The fourth-order valence-electron chi connectivity index (χ4n) is 1.28. The number of non-ortho nitro benzene ring substituents is 1. The lowest BCUT2D eigenvalue weighted by Gasteiger charge is -2.11. The van der Waals surface area contributed by atoms with Crippen LogP contribution in [-0.2, 0) is 10.0 Å². The van der Waals surface area contributed by atoms with E-state index >= 15 is 0 Å². The Bertz CT molecular complexity index is 555. The minimum Gasteiger partial charge on any atom is -0.392 e. The molecule has 100 valence electrons. The number of hydrogen-bond donors (Lipinski definition) is 3. The summed E-state index contributed by atoms with van der Waals surface area (Å²) in [6.45, 7) is 1.53. The zero-order valence-corrected chi connectivity index (χ0v) is 10.3. The minimum atomic E-state index is -3.99. The number of nitro groups is 1. The van der Waals surface area contributed by atoms with Gasteiger partial charge in [0.05, 0.1) is 16.7 Å². The number of benzene rings is 1. The third kappa shape index (κ3) is 3.65. The van der Waals surface area contributed by atoms with E-state index in [1.807, 2.05) is 0 Å². The summed E-state index contributed by atoms with van der Waals surface area (Å²) >= 11 is 0. The lowest BCUT2D eigenvalue weighted by Crippen LogP contribution is -2.19. The molecule has 0 heterocycles. The van der Waals surface area contributed by atoms with Crippen molar-refractivity contribution in [3.63, 3.8) is 0 Å². The van der Waals surface area contributed by atoms with Gasteiger partial charge in [-0.05, 0) is 13.0 Å². The normalized spacial score (nSPS) is 13.1. The molecule has 0 aliphatic heterocycles. The largest absolute Gasteiger partial charge is 0.392 e. The molecule has 1 unspecified atom stereocenters.